The second kappa shape index (κ2) is 6.74. The lowest BCUT2D eigenvalue weighted by molar-refractivity contribution is 0.243. The molecule has 0 radical (unpaired) electrons. The summed E-state index contributed by atoms with van der Waals surface area (Å²) in [5, 5.41) is 5.45. The molecule has 0 unspecified atom stereocenters. The molecule has 0 aromatic heterocycles. The van der Waals surface area contributed by atoms with E-state index in [2.05, 4.69) is 24.5 Å². The summed E-state index contributed by atoms with van der Waals surface area (Å²) in [6.07, 6.45) is 3.52. The van der Waals surface area contributed by atoms with Gasteiger partial charge in [-0.05, 0) is 24.5 Å². The van der Waals surface area contributed by atoms with E-state index in [9.17, 15) is 4.79 Å². The van der Waals surface area contributed by atoms with Crippen LogP contribution in [0, 0.1) is 12.8 Å². The molecular weight excluding hydrogens is 212 g/mol. The maximum Gasteiger partial charge on any atom is 0.318 e. The van der Waals surface area contributed by atoms with Crippen molar-refractivity contribution in [2.75, 3.05) is 6.54 Å². The number of hydrogen-bond acceptors (Lipinski definition) is 1. The summed E-state index contributed by atoms with van der Waals surface area (Å²) in [5.41, 5.74) is 2.30. The van der Waals surface area contributed by atoms with Crippen molar-refractivity contribution in [1.82, 2.24) is 10.6 Å². The van der Waals surface area contributed by atoms with Crippen molar-refractivity contribution in [3.63, 3.8) is 0 Å². The van der Waals surface area contributed by atoms with Crippen molar-refractivity contribution in [1.29, 1.82) is 0 Å². The molecule has 1 rings (SSSR count). The van der Waals surface area contributed by atoms with Crippen molar-refractivity contribution in [2.45, 2.75) is 20.8 Å². The molecule has 0 spiro atoms. The Kier molecular flexibility index (Phi) is 5.27. The predicted molar refractivity (Wildman–Crippen MR) is 71.6 cm³/mol. The summed E-state index contributed by atoms with van der Waals surface area (Å²) in [5.74, 6) is 0.460. The molecule has 0 aliphatic rings. The van der Waals surface area contributed by atoms with Crippen molar-refractivity contribution >= 4 is 12.1 Å². The number of nitrogens with one attached hydrogen (secondary N) is 2. The normalized spacial score (nSPS) is 10.8. The Morgan fingerprint density at radius 3 is 2.53 bits per heavy atom. The second-order valence-corrected chi connectivity index (χ2v) is 4.49. The lowest BCUT2D eigenvalue weighted by atomic mass is 10.1. The van der Waals surface area contributed by atoms with Crippen molar-refractivity contribution in [2.24, 2.45) is 5.92 Å². The standard InChI is InChI=1S/C14H20N2O/c1-11(2)10-16-14(17)15-9-8-13-6-4-12(3)5-7-13/h4-9,11H,10H2,1-3H3,(H2,15,16,17)/b9-8+. The zero-order chi connectivity index (χ0) is 12.7. The molecule has 0 saturated carbocycles. The van der Waals surface area contributed by atoms with Crippen LogP contribution in [0.1, 0.15) is 25.0 Å². The Morgan fingerprint density at radius 2 is 1.94 bits per heavy atom. The van der Waals surface area contributed by atoms with Crippen LogP contribution >= 0.6 is 0 Å². The first-order valence-electron chi connectivity index (χ1n) is 5.85. The summed E-state index contributed by atoms with van der Waals surface area (Å²) in [7, 11) is 0. The van der Waals surface area contributed by atoms with Gasteiger partial charge in [-0.1, -0.05) is 43.7 Å². The molecule has 0 atom stereocenters. The summed E-state index contributed by atoms with van der Waals surface area (Å²) in [6.45, 7) is 6.85. The zero-order valence-electron chi connectivity index (χ0n) is 10.7. The largest absolute Gasteiger partial charge is 0.338 e. The first-order chi connectivity index (χ1) is 8.08. The summed E-state index contributed by atoms with van der Waals surface area (Å²) >= 11 is 0. The van der Waals surface area contributed by atoms with Crippen molar-refractivity contribution in [3.8, 4) is 0 Å². The minimum Gasteiger partial charge on any atom is -0.338 e. The van der Waals surface area contributed by atoms with E-state index < -0.39 is 0 Å². The summed E-state index contributed by atoms with van der Waals surface area (Å²) in [4.78, 5) is 11.3. The Morgan fingerprint density at radius 1 is 1.29 bits per heavy atom. The molecule has 1 aromatic carbocycles. The number of aryl methyl sites for hydroxylation is 1. The third kappa shape index (κ3) is 5.76. The highest BCUT2D eigenvalue weighted by Crippen LogP contribution is 2.04. The van der Waals surface area contributed by atoms with Gasteiger partial charge in [0.05, 0.1) is 0 Å². The van der Waals surface area contributed by atoms with Crippen molar-refractivity contribution in [3.05, 3.63) is 41.6 Å². The van der Waals surface area contributed by atoms with Crippen LogP contribution in [0.25, 0.3) is 6.08 Å². The molecular formula is C14H20N2O. The first-order valence-corrected chi connectivity index (χ1v) is 5.85. The van der Waals surface area contributed by atoms with Crippen LogP contribution in [0.2, 0.25) is 0 Å². The first kappa shape index (κ1) is 13.3. The SMILES string of the molecule is Cc1ccc(/C=C/NC(=O)NCC(C)C)cc1. The molecule has 3 nitrogen and oxygen atoms in total. The number of carbonyl (C=O) groups excluding carboxylic acids is 1. The predicted octanol–water partition coefficient (Wildman–Crippen LogP) is 2.92. The van der Waals surface area contributed by atoms with Crippen LogP contribution in [0.4, 0.5) is 4.79 Å². The molecule has 0 aliphatic carbocycles. The van der Waals surface area contributed by atoms with Gasteiger partial charge in [0.25, 0.3) is 0 Å². The van der Waals surface area contributed by atoms with E-state index in [1.807, 2.05) is 37.3 Å². The molecule has 3 heteroatoms. The van der Waals surface area contributed by atoms with E-state index in [1.165, 1.54) is 5.56 Å². The van der Waals surface area contributed by atoms with Gasteiger partial charge in [-0.2, -0.15) is 0 Å². The molecule has 0 heterocycles. The fourth-order valence-corrected chi connectivity index (χ4v) is 1.24. The Balaban J connectivity index is 2.34. The monoisotopic (exact) mass is 232 g/mol. The number of benzene rings is 1. The van der Waals surface area contributed by atoms with Gasteiger partial charge in [0.15, 0.2) is 0 Å². The minimum absolute atomic E-state index is 0.165. The van der Waals surface area contributed by atoms with Crippen LogP contribution in [0.5, 0.6) is 0 Å². The number of carbonyl (C=O) groups is 1. The van der Waals surface area contributed by atoms with Gasteiger partial charge in [0.1, 0.15) is 0 Å². The molecule has 2 N–H and O–H groups in total. The fourth-order valence-electron chi connectivity index (χ4n) is 1.24. The zero-order valence-corrected chi connectivity index (χ0v) is 10.7. The van der Waals surface area contributed by atoms with E-state index in [4.69, 9.17) is 0 Å². The molecule has 0 fully saturated rings. The van der Waals surface area contributed by atoms with Crippen LogP contribution in [-0.4, -0.2) is 12.6 Å². The third-order valence-electron chi connectivity index (χ3n) is 2.24. The van der Waals surface area contributed by atoms with E-state index in [0.29, 0.717) is 12.5 Å². The van der Waals surface area contributed by atoms with Gasteiger partial charge in [0, 0.05) is 12.7 Å². The number of amides is 2. The van der Waals surface area contributed by atoms with Crippen molar-refractivity contribution < 1.29 is 4.79 Å². The van der Waals surface area contributed by atoms with Gasteiger partial charge in [-0.25, -0.2) is 4.79 Å². The average molecular weight is 232 g/mol. The third-order valence-corrected chi connectivity index (χ3v) is 2.24. The fraction of sp³-hybridized carbons (Fsp3) is 0.357. The van der Waals surface area contributed by atoms with Gasteiger partial charge in [-0.3, -0.25) is 0 Å². The van der Waals surface area contributed by atoms with E-state index >= 15 is 0 Å². The smallest absolute Gasteiger partial charge is 0.318 e. The van der Waals surface area contributed by atoms with Crippen LogP contribution in [0.3, 0.4) is 0 Å². The Bertz CT molecular complexity index is 380. The van der Waals surface area contributed by atoms with Gasteiger partial charge >= 0.3 is 6.03 Å². The maximum atomic E-state index is 11.3. The maximum absolute atomic E-state index is 11.3. The topological polar surface area (TPSA) is 41.1 Å². The van der Waals surface area contributed by atoms with E-state index in [0.717, 1.165) is 5.56 Å². The highest BCUT2D eigenvalue weighted by molar-refractivity contribution is 5.75. The molecule has 0 bridgehead atoms. The average Bonchev–Trinajstić information content (AvgIpc) is 2.29. The van der Waals surface area contributed by atoms with E-state index in [1.54, 1.807) is 6.20 Å². The lowest BCUT2D eigenvalue weighted by Gasteiger charge is -2.06. The van der Waals surface area contributed by atoms with Crippen LogP contribution < -0.4 is 10.6 Å². The van der Waals surface area contributed by atoms with Crippen LogP contribution in [-0.2, 0) is 0 Å². The highest BCUT2D eigenvalue weighted by atomic mass is 16.2. The number of hydrogen-bond donors (Lipinski definition) is 2. The molecule has 1 aromatic rings. The Labute approximate surface area is 103 Å². The van der Waals surface area contributed by atoms with Crippen LogP contribution in [0.15, 0.2) is 30.5 Å². The van der Waals surface area contributed by atoms with Gasteiger partial charge in [-0.15, -0.1) is 0 Å². The molecule has 2 amide bonds. The van der Waals surface area contributed by atoms with Gasteiger partial charge < -0.3 is 10.6 Å². The quantitative estimate of drug-likeness (QED) is 0.823. The number of rotatable bonds is 4. The molecule has 0 aliphatic heterocycles. The van der Waals surface area contributed by atoms with Gasteiger partial charge in [0.2, 0.25) is 0 Å². The lowest BCUT2D eigenvalue weighted by Crippen LogP contribution is -2.34. The molecule has 0 saturated heterocycles. The summed E-state index contributed by atoms with van der Waals surface area (Å²) < 4.78 is 0. The highest BCUT2D eigenvalue weighted by Gasteiger charge is 1.97. The van der Waals surface area contributed by atoms with E-state index in [-0.39, 0.29) is 6.03 Å². The minimum atomic E-state index is -0.165. The molecule has 92 valence electrons. The second-order valence-electron chi connectivity index (χ2n) is 4.49. The Hall–Kier alpha value is -1.77. The summed E-state index contributed by atoms with van der Waals surface area (Å²) in [6, 6.07) is 7.94. The number of urea groups is 1. The molecule has 17 heavy (non-hydrogen) atoms.